The Labute approximate surface area is 112 Å². The molecule has 0 aliphatic rings. The van der Waals surface area contributed by atoms with E-state index in [-0.39, 0.29) is 6.61 Å². The number of halogens is 2. The second kappa shape index (κ2) is 5.62. The summed E-state index contributed by atoms with van der Waals surface area (Å²) in [4.78, 5) is 13.5. The molecule has 1 aromatic heterocycles. The van der Waals surface area contributed by atoms with Crippen LogP contribution < -0.4 is 4.74 Å². The van der Waals surface area contributed by atoms with Gasteiger partial charge < -0.3 is 4.74 Å². The summed E-state index contributed by atoms with van der Waals surface area (Å²) in [5.41, 5.74) is -0.0741. The lowest BCUT2D eigenvalue weighted by molar-refractivity contribution is -0.387. The smallest absolute Gasteiger partial charge is 0.304 e. The van der Waals surface area contributed by atoms with Gasteiger partial charge in [0.25, 0.3) is 0 Å². The third-order valence-electron chi connectivity index (χ3n) is 2.31. The van der Waals surface area contributed by atoms with Gasteiger partial charge in [-0.1, -0.05) is 11.6 Å². The first-order valence-corrected chi connectivity index (χ1v) is 5.61. The number of aromatic nitrogens is 1. The molecule has 0 aliphatic carbocycles. The number of benzene rings is 1. The van der Waals surface area contributed by atoms with E-state index in [2.05, 4.69) is 4.98 Å². The van der Waals surface area contributed by atoms with Gasteiger partial charge in [-0.3, -0.25) is 10.1 Å². The van der Waals surface area contributed by atoms with Crippen LogP contribution in [0.3, 0.4) is 0 Å². The lowest BCUT2D eigenvalue weighted by Crippen LogP contribution is -1.98. The molecule has 0 saturated heterocycles. The van der Waals surface area contributed by atoms with Crippen molar-refractivity contribution < 1.29 is 14.1 Å². The van der Waals surface area contributed by atoms with E-state index in [1.807, 2.05) is 0 Å². The summed E-state index contributed by atoms with van der Waals surface area (Å²) in [6.45, 7) is 0.0816. The van der Waals surface area contributed by atoms with Crippen molar-refractivity contribution in [3.8, 4) is 5.75 Å². The Morgan fingerprint density at radius 3 is 2.74 bits per heavy atom. The quantitative estimate of drug-likeness (QED) is 0.490. The Balaban J connectivity index is 2.06. The highest BCUT2D eigenvalue weighted by molar-refractivity contribution is 6.29. The maximum atomic E-state index is 13.4. The Bertz CT molecular complexity index is 604. The first-order chi connectivity index (χ1) is 9.06. The van der Waals surface area contributed by atoms with E-state index in [0.717, 1.165) is 12.1 Å². The van der Waals surface area contributed by atoms with Gasteiger partial charge in [0.15, 0.2) is 0 Å². The Morgan fingerprint density at radius 1 is 1.37 bits per heavy atom. The van der Waals surface area contributed by atoms with E-state index in [1.54, 1.807) is 12.1 Å². The van der Waals surface area contributed by atoms with Gasteiger partial charge in [-0.15, -0.1) is 0 Å². The summed E-state index contributed by atoms with van der Waals surface area (Å²) < 4.78 is 18.7. The predicted molar refractivity (Wildman–Crippen MR) is 66.6 cm³/mol. The number of nitro benzene ring substituents is 1. The molecule has 0 amide bonds. The fourth-order valence-electron chi connectivity index (χ4n) is 1.40. The van der Waals surface area contributed by atoms with E-state index in [0.29, 0.717) is 16.5 Å². The predicted octanol–water partition coefficient (Wildman–Crippen LogP) is 3.36. The van der Waals surface area contributed by atoms with E-state index >= 15 is 0 Å². The molecular weight excluding hydrogens is 275 g/mol. The molecule has 0 aliphatic heterocycles. The van der Waals surface area contributed by atoms with Crippen LogP contribution in [0.2, 0.25) is 5.15 Å². The molecule has 2 aromatic rings. The fraction of sp³-hybridized carbons (Fsp3) is 0.0833. The number of ether oxygens (including phenoxy) is 1. The van der Waals surface area contributed by atoms with Crippen molar-refractivity contribution in [1.29, 1.82) is 0 Å². The molecular formula is C12H8ClFN2O3. The van der Waals surface area contributed by atoms with Crippen LogP contribution in [0.25, 0.3) is 0 Å². The molecule has 0 radical (unpaired) electrons. The SMILES string of the molecule is O=[N+]([O-])c1ccc(COc2ccc(Cl)nc2)cc1F. The molecule has 5 nitrogen and oxygen atoms in total. The van der Waals surface area contributed by atoms with Crippen molar-refractivity contribution in [2.24, 2.45) is 0 Å². The molecule has 0 atom stereocenters. The van der Waals surface area contributed by atoms with Crippen LogP contribution in [0.4, 0.5) is 10.1 Å². The third kappa shape index (κ3) is 3.38. The maximum absolute atomic E-state index is 13.4. The summed E-state index contributed by atoms with van der Waals surface area (Å²) >= 11 is 5.62. The molecule has 0 spiro atoms. The maximum Gasteiger partial charge on any atom is 0.304 e. The van der Waals surface area contributed by atoms with Gasteiger partial charge in [0.1, 0.15) is 17.5 Å². The van der Waals surface area contributed by atoms with E-state index in [4.69, 9.17) is 16.3 Å². The van der Waals surface area contributed by atoms with E-state index in [1.165, 1.54) is 12.3 Å². The standard InChI is InChI=1S/C12H8ClFN2O3/c13-12-4-2-9(6-15-12)19-7-8-1-3-11(16(17)18)10(14)5-8/h1-6H,7H2. The monoisotopic (exact) mass is 282 g/mol. The summed E-state index contributed by atoms with van der Waals surface area (Å²) in [6, 6.07) is 6.80. The molecule has 0 fully saturated rings. The number of rotatable bonds is 4. The topological polar surface area (TPSA) is 65.3 Å². The number of nitrogens with zero attached hydrogens (tertiary/aromatic N) is 2. The van der Waals surface area contributed by atoms with Crippen LogP contribution in [0.5, 0.6) is 5.75 Å². The highest BCUT2D eigenvalue weighted by Gasteiger charge is 2.13. The average Bonchev–Trinajstić information content (AvgIpc) is 2.37. The van der Waals surface area contributed by atoms with Crippen LogP contribution in [0.1, 0.15) is 5.56 Å². The van der Waals surface area contributed by atoms with E-state index < -0.39 is 16.4 Å². The van der Waals surface area contributed by atoms with Gasteiger partial charge in [0.2, 0.25) is 5.82 Å². The molecule has 0 N–H and O–H groups in total. The van der Waals surface area contributed by atoms with Crippen molar-refractivity contribution in [1.82, 2.24) is 4.98 Å². The van der Waals surface area contributed by atoms with E-state index in [9.17, 15) is 14.5 Å². The Morgan fingerprint density at radius 2 is 2.16 bits per heavy atom. The van der Waals surface area contributed by atoms with Gasteiger partial charge in [-0.25, -0.2) is 4.98 Å². The highest BCUT2D eigenvalue weighted by Crippen LogP contribution is 2.19. The minimum Gasteiger partial charge on any atom is -0.487 e. The molecule has 0 saturated carbocycles. The fourth-order valence-corrected chi connectivity index (χ4v) is 1.51. The van der Waals surface area contributed by atoms with Crippen LogP contribution in [0, 0.1) is 15.9 Å². The first-order valence-electron chi connectivity index (χ1n) is 5.23. The largest absolute Gasteiger partial charge is 0.487 e. The number of nitro groups is 1. The van der Waals surface area contributed by atoms with Crippen molar-refractivity contribution >= 4 is 17.3 Å². The molecule has 98 valence electrons. The van der Waals surface area contributed by atoms with Crippen LogP contribution in [0.15, 0.2) is 36.5 Å². The van der Waals surface area contributed by atoms with Gasteiger partial charge in [0, 0.05) is 6.07 Å². The number of pyridine rings is 1. The zero-order valence-corrected chi connectivity index (χ0v) is 10.3. The van der Waals surface area contributed by atoms with Gasteiger partial charge in [0.05, 0.1) is 11.1 Å². The lowest BCUT2D eigenvalue weighted by atomic mass is 10.2. The van der Waals surface area contributed by atoms with Crippen LogP contribution in [-0.4, -0.2) is 9.91 Å². The van der Waals surface area contributed by atoms with Gasteiger partial charge in [-0.2, -0.15) is 4.39 Å². The minimum absolute atomic E-state index is 0.0816. The van der Waals surface area contributed by atoms with Crippen molar-refractivity contribution in [3.05, 3.63) is 63.2 Å². The Hall–Kier alpha value is -2.21. The summed E-state index contributed by atoms with van der Waals surface area (Å²) in [5.74, 6) is -0.413. The third-order valence-corrected chi connectivity index (χ3v) is 2.54. The first kappa shape index (κ1) is 13.2. The summed E-state index contributed by atoms with van der Waals surface area (Å²) in [6.07, 6.45) is 1.43. The molecule has 7 heteroatoms. The van der Waals surface area contributed by atoms with Gasteiger partial charge >= 0.3 is 5.69 Å². The molecule has 0 bridgehead atoms. The Kier molecular flexibility index (Phi) is 3.91. The summed E-state index contributed by atoms with van der Waals surface area (Å²) in [7, 11) is 0. The number of hydrogen-bond donors (Lipinski definition) is 0. The normalized spacial score (nSPS) is 10.2. The number of hydrogen-bond acceptors (Lipinski definition) is 4. The van der Waals surface area contributed by atoms with Crippen molar-refractivity contribution in [3.63, 3.8) is 0 Å². The van der Waals surface area contributed by atoms with Crippen LogP contribution in [-0.2, 0) is 6.61 Å². The van der Waals surface area contributed by atoms with Crippen molar-refractivity contribution in [2.45, 2.75) is 6.61 Å². The van der Waals surface area contributed by atoms with Crippen molar-refractivity contribution in [2.75, 3.05) is 0 Å². The molecule has 0 unspecified atom stereocenters. The second-order valence-corrected chi connectivity index (χ2v) is 4.04. The van der Waals surface area contributed by atoms with Gasteiger partial charge in [-0.05, 0) is 29.8 Å². The highest BCUT2D eigenvalue weighted by atomic mass is 35.5. The second-order valence-electron chi connectivity index (χ2n) is 3.65. The average molecular weight is 283 g/mol. The molecule has 1 aromatic carbocycles. The zero-order valence-electron chi connectivity index (χ0n) is 9.55. The van der Waals surface area contributed by atoms with Crippen LogP contribution >= 0.6 is 11.6 Å². The zero-order chi connectivity index (χ0) is 13.8. The molecule has 1 heterocycles. The lowest BCUT2D eigenvalue weighted by Gasteiger charge is -2.06. The minimum atomic E-state index is -0.889. The molecule has 19 heavy (non-hydrogen) atoms. The molecule has 2 rings (SSSR count). The summed E-state index contributed by atoms with van der Waals surface area (Å²) in [5, 5.41) is 10.8.